The molecule has 0 aliphatic heterocycles. The minimum Gasteiger partial charge on any atom is -0.423 e. The van der Waals surface area contributed by atoms with Crippen molar-refractivity contribution >= 4 is 25.8 Å². The van der Waals surface area contributed by atoms with Crippen LogP contribution in [0.5, 0.6) is 0 Å². The molecule has 0 unspecified atom stereocenters. The Morgan fingerprint density at radius 2 is 1.52 bits per heavy atom. The van der Waals surface area contributed by atoms with Crippen molar-refractivity contribution in [2.24, 2.45) is 0 Å². The number of rotatable bonds is 6. The van der Waals surface area contributed by atoms with E-state index in [1.165, 1.54) is 0 Å². The summed E-state index contributed by atoms with van der Waals surface area (Å²) in [5.74, 6) is 0. The van der Waals surface area contributed by atoms with Crippen molar-refractivity contribution < 1.29 is 10.0 Å². The Bertz CT molecular complexity index is 570. The lowest BCUT2D eigenvalue weighted by Gasteiger charge is -2.46. The minimum absolute atomic E-state index is 0.444. The minimum atomic E-state index is -2.10. The van der Waals surface area contributed by atoms with Crippen LogP contribution in [0.1, 0.15) is 59.6 Å². The zero-order chi connectivity index (χ0) is 17.9. The maximum Gasteiger partial charge on any atom is 0.488 e. The summed E-state index contributed by atoms with van der Waals surface area (Å²) in [7, 11) is -3.59. The zero-order valence-electron chi connectivity index (χ0n) is 15.5. The molecule has 0 atom stereocenters. The predicted octanol–water partition coefficient (Wildman–Crippen LogP) is 2.69. The summed E-state index contributed by atoms with van der Waals surface area (Å²) in [6.45, 7) is 15.5. The van der Waals surface area contributed by atoms with Crippen molar-refractivity contribution in [3.05, 3.63) is 23.3 Å². The molecule has 0 spiro atoms. The van der Waals surface area contributed by atoms with Crippen LogP contribution >= 0.6 is 0 Å². The molecule has 0 radical (unpaired) electrons. The predicted molar refractivity (Wildman–Crippen MR) is 101 cm³/mol. The van der Waals surface area contributed by atoms with Gasteiger partial charge in [0.1, 0.15) is 0 Å². The molecule has 0 fully saturated rings. The van der Waals surface area contributed by atoms with Gasteiger partial charge >= 0.3 is 7.12 Å². The first-order valence-corrected chi connectivity index (χ1v) is 10.8. The van der Waals surface area contributed by atoms with Crippen LogP contribution in [0.4, 0.5) is 0 Å². The molecule has 0 aromatic heterocycles. The molecule has 0 amide bonds. The van der Waals surface area contributed by atoms with Gasteiger partial charge in [0, 0.05) is 0 Å². The van der Waals surface area contributed by atoms with Crippen LogP contribution in [0.3, 0.4) is 0 Å². The maximum atomic E-state index is 9.99. The summed E-state index contributed by atoms with van der Waals surface area (Å²) in [5.41, 5.74) is 3.62. The number of benzene rings is 1. The topological polar surface area (TPSA) is 64.2 Å². The number of hydrogen-bond donors (Lipinski definition) is 2. The SMILES string of the molecule is CCc1c(C#N)ccc(B(O)O)c1[Si](C(C)C)(C(C)C)C(C)C. The van der Waals surface area contributed by atoms with Crippen LogP contribution in [0.15, 0.2) is 12.1 Å². The first-order valence-electron chi connectivity index (χ1n) is 8.58. The van der Waals surface area contributed by atoms with Crippen molar-refractivity contribution in [3.8, 4) is 6.07 Å². The van der Waals surface area contributed by atoms with E-state index in [1.54, 1.807) is 12.1 Å². The summed E-state index contributed by atoms with van der Waals surface area (Å²) >= 11 is 0. The van der Waals surface area contributed by atoms with E-state index in [9.17, 15) is 15.3 Å². The summed E-state index contributed by atoms with van der Waals surface area (Å²) in [6.07, 6.45) is 0.736. The molecule has 0 bridgehead atoms. The Labute approximate surface area is 142 Å². The highest BCUT2D eigenvalue weighted by Gasteiger charge is 2.47. The van der Waals surface area contributed by atoms with Crippen LogP contribution in [0.25, 0.3) is 0 Å². The van der Waals surface area contributed by atoms with E-state index in [4.69, 9.17) is 0 Å². The average Bonchev–Trinajstić information content (AvgIpc) is 2.45. The third-order valence-electron chi connectivity index (χ3n) is 5.40. The van der Waals surface area contributed by atoms with Gasteiger partial charge in [-0.15, -0.1) is 0 Å². The lowest BCUT2D eigenvalue weighted by Crippen LogP contribution is -2.64. The second kappa shape index (κ2) is 7.65. The third kappa shape index (κ3) is 3.26. The highest BCUT2D eigenvalue weighted by molar-refractivity contribution is 6.98. The Morgan fingerprint density at radius 1 is 1.04 bits per heavy atom. The van der Waals surface area contributed by atoms with Crippen LogP contribution in [-0.4, -0.2) is 25.2 Å². The first kappa shape index (κ1) is 20.0. The quantitative estimate of drug-likeness (QED) is 0.788. The monoisotopic (exact) mass is 331 g/mol. The second-order valence-corrected chi connectivity index (χ2v) is 13.1. The van der Waals surface area contributed by atoms with E-state index in [1.807, 2.05) is 6.92 Å². The van der Waals surface area contributed by atoms with Crippen molar-refractivity contribution in [2.75, 3.05) is 0 Å². The molecule has 5 heteroatoms. The van der Waals surface area contributed by atoms with Gasteiger partial charge in [0.2, 0.25) is 0 Å². The highest BCUT2D eigenvalue weighted by atomic mass is 28.3. The summed E-state index contributed by atoms with van der Waals surface area (Å²) in [6, 6.07) is 5.78. The molecule has 0 saturated heterocycles. The van der Waals surface area contributed by atoms with Gasteiger partial charge in [0.15, 0.2) is 0 Å². The molecular weight excluding hydrogens is 301 g/mol. The maximum absolute atomic E-state index is 9.99. The van der Waals surface area contributed by atoms with E-state index in [-0.39, 0.29) is 0 Å². The molecule has 2 N–H and O–H groups in total. The molecule has 0 aliphatic carbocycles. The average molecular weight is 331 g/mol. The van der Waals surface area contributed by atoms with Gasteiger partial charge in [-0.2, -0.15) is 5.26 Å². The van der Waals surface area contributed by atoms with Crippen LogP contribution in [-0.2, 0) is 6.42 Å². The normalized spacial score (nSPS) is 12.1. The van der Waals surface area contributed by atoms with E-state index >= 15 is 0 Å². The standard InChI is InChI=1S/C18H30BNO2Si/c1-8-16-15(11-20)9-10-17(19(21)22)18(16)23(12(2)3,13(4)5)14(6)7/h9-10,12-14,21-22H,8H2,1-7H3. The lowest BCUT2D eigenvalue weighted by atomic mass is 9.78. The van der Waals surface area contributed by atoms with Crippen molar-refractivity contribution in [2.45, 2.75) is 71.5 Å². The number of nitrogens with zero attached hydrogens (tertiary/aromatic N) is 1. The zero-order valence-corrected chi connectivity index (χ0v) is 16.5. The Balaban J connectivity index is 4.01. The van der Waals surface area contributed by atoms with Crippen LogP contribution < -0.4 is 10.6 Å². The van der Waals surface area contributed by atoms with Gasteiger partial charge < -0.3 is 10.0 Å². The fraction of sp³-hybridized carbons (Fsp3) is 0.611. The second-order valence-electron chi connectivity index (χ2n) is 7.29. The van der Waals surface area contributed by atoms with Crippen LogP contribution in [0.2, 0.25) is 16.6 Å². The molecular formula is C18H30BNO2Si. The molecule has 0 heterocycles. The van der Waals surface area contributed by atoms with Gasteiger partial charge in [0.05, 0.1) is 19.7 Å². The Morgan fingerprint density at radius 3 is 1.83 bits per heavy atom. The van der Waals surface area contributed by atoms with E-state index in [0.29, 0.717) is 27.6 Å². The van der Waals surface area contributed by atoms with Crippen molar-refractivity contribution in [1.29, 1.82) is 5.26 Å². The van der Waals surface area contributed by atoms with E-state index in [2.05, 4.69) is 47.6 Å². The fourth-order valence-electron chi connectivity index (χ4n) is 4.73. The molecule has 0 aliphatic rings. The smallest absolute Gasteiger partial charge is 0.423 e. The van der Waals surface area contributed by atoms with Crippen LogP contribution in [0, 0.1) is 11.3 Å². The molecule has 3 nitrogen and oxygen atoms in total. The number of hydrogen-bond acceptors (Lipinski definition) is 3. The third-order valence-corrected chi connectivity index (χ3v) is 12.6. The lowest BCUT2D eigenvalue weighted by molar-refractivity contribution is 0.426. The van der Waals surface area contributed by atoms with Crippen molar-refractivity contribution in [3.63, 3.8) is 0 Å². The largest absolute Gasteiger partial charge is 0.488 e. The van der Waals surface area contributed by atoms with E-state index in [0.717, 1.165) is 17.2 Å². The Kier molecular flexibility index (Phi) is 6.64. The molecule has 1 aromatic rings. The molecule has 0 saturated carbocycles. The molecule has 1 aromatic carbocycles. The fourth-order valence-corrected chi connectivity index (χ4v) is 12.0. The van der Waals surface area contributed by atoms with Gasteiger partial charge in [-0.3, -0.25) is 0 Å². The Hall–Kier alpha value is -1.09. The summed E-state index contributed by atoms with van der Waals surface area (Å²) in [5, 5.41) is 30.6. The summed E-state index contributed by atoms with van der Waals surface area (Å²) in [4.78, 5) is 0. The van der Waals surface area contributed by atoms with E-state index < -0.39 is 15.2 Å². The highest BCUT2D eigenvalue weighted by Crippen LogP contribution is 2.41. The van der Waals surface area contributed by atoms with Gasteiger partial charge in [-0.05, 0) is 40.1 Å². The van der Waals surface area contributed by atoms with Gasteiger partial charge in [-0.25, -0.2) is 0 Å². The number of nitriles is 1. The van der Waals surface area contributed by atoms with Gasteiger partial charge in [-0.1, -0.05) is 59.7 Å². The van der Waals surface area contributed by atoms with Gasteiger partial charge in [0.25, 0.3) is 0 Å². The van der Waals surface area contributed by atoms with Crippen molar-refractivity contribution in [1.82, 2.24) is 0 Å². The molecule has 23 heavy (non-hydrogen) atoms. The summed E-state index contributed by atoms with van der Waals surface area (Å²) < 4.78 is 0. The molecule has 1 rings (SSSR count). The molecule has 126 valence electrons. The first-order chi connectivity index (χ1) is 10.7.